The standard InChI is InChI=1S/C19H23NO3/c1-21-18-9-5-6-10-19(18)23-17-11-12-20(15-17)13-14-22-16-7-3-2-4-8-16/h2-10,17H,11-15H2,1H3. The molecule has 4 nitrogen and oxygen atoms in total. The number of ether oxygens (including phenoxy) is 3. The van der Waals surface area contributed by atoms with Gasteiger partial charge in [-0.15, -0.1) is 0 Å². The molecule has 0 radical (unpaired) electrons. The highest BCUT2D eigenvalue weighted by atomic mass is 16.5. The summed E-state index contributed by atoms with van der Waals surface area (Å²) in [5.74, 6) is 2.54. The zero-order valence-electron chi connectivity index (χ0n) is 13.5. The number of methoxy groups -OCH3 is 1. The topological polar surface area (TPSA) is 30.9 Å². The highest BCUT2D eigenvalue weighted by molar-refractivity contribution is 5.39. The predicted molar refractivity (Wildman–Crippen MR) is 90.4 cm³/mol. The highest BCUT2D eigenvalue weighted by Crippen LogP contribution is 2.28. The van der Waals surface area contributed by atoms with Crippen molar-refractivity contribution in [3.63, 3.8) is 0 Å². The lowest BCUT2D eigenvalue weighted by atomic mass is 10.3. The summed E-state index contributed by atoms with van der Waals surface area (Å²) in [7, 11) is 1.67. The molecule has 3 rings (SSSR count). The SMILES string of the molecule is COc1ccccc1OC1CCN(CCOc2ccccc2)C1. The summed E-state index contributed by atoms with van der Waals surface area (Å²) in [6.07, 6.45) is 1.24. The van der Waals surface area contributed by atoms with Gasteiger partial charge in [0, 0.05) is 19.6 Å². The van der Waals surface area contributed by atoms with E-state index in [1.165, 1.54) is 0 Å². The van der Waals surface area contributed by atoms with Crippen LogP contribution in [-0.4, -0.2) is 44.4 Å². The quantitative estimate of drug-likeness (QED) is 0.785. The van der Waals surface area contributed by atoms with Gasteiger partial charge in [-0.3, -0.25) is 4.90 Å². The number of rotatable bonds is 7. The van der Waals surface area contributed by atoms with E-state index in [2.05, 4.69) is 4.90 Å². The third-order valence-electron chi connectivity index (χ3n) is 4.01. The molecule has 1 aliphatic rings. The fourth-order valence-corrected chi connectivity index (χ4v) is 2.80. The Hall–Kier alpha value is -2.20. The summed E-state index contributed by atoms with van der Waals surface area (Å²) < 4.78 is 17.2. The van der Waals surface area contributed by atoms with Crippen LogP contribution in [0.5, 0.6) is 17.2 Å². The molecule has 4 heteroatoms. The molecule has 2 aromatic rings. The molecule has 1 atom stereocenters. The van der Waals surface area contributed by atoms with Gasteiger partial charge in [0.2, 0.25) is 0 Å². The number of nitrogens with zero attached hydrogens (tertiary/aromatic N) is 1. The van der Waals surface area contributed by atoms with Crippen LogP contribution < -0.4 is 14.2 Å². The molecule has 0 bridgehead atoms. The minimum Gasteiger partial charge on any atom is -0.493 e. The second-order valence-electron chi connectivity index (χ2n) is 5.64. The Bertz CT molecular complexity index is 603. The van der Waals surface area contributed by atoms with Crippen molar-refractivity contribution < 1.29 is 14.2 Å². The number of likely N-dealkylation sites (tertiary alicyclic amines) is 1. The van der Waals surface area contributed by atoms with E-state index in [1.54, 1.807) is 7.11 Å². The van der Waals surface area contributed by atoms with Crippen LogP contribution >= 0.6 is 0 Å². The molecule has 23 heavy (non-hydrogen) atoms. The van der Waals surface area contributed by atoms with Gasteiger partial charge in [-0.1, -0.05) is 30.3 Å². The number of hydrogen-bond acceptors (Lipinski definition) is 4. The van der Waals surface area contributed by atoms with Crippen LogP contribution in [0, 0.1) is 0 Å². The third-order valence-corrected chi connectivity index (χ3v) is 4.01. The van der Waals surface area contributed by atoms with Crippen molar-refractivity contribution in [2.45, 2.75) is 12.5 Å². The maximum absolute atomic E-state index is 6.08. The second kappa shape index (κ2) is 7.88. The Morgan fingerprint density at radius 2 is 1.74 bits per heavy atom. The molecule has 0 N–H and O–H groups in total. The zero-order chi connectivity index (χ0) is 15.9. The van der Waals surface area contributed by atoms with Crippen molar-refractivity contribution in [3.05, 3.63) is 54.6 Å². The predicted octanol–water partition coefficient (Wildman–Crippen LogP) is 3.23. The molecule has 0 amide bonds. The summed E-state index contributed by atoms with van der Waals surface area (Å²) in [5.41, 5.74) is 0. The van der Waals surface area contributed by atoms with Crippen molar-refractivity contribution >= 4 is 0 Å². The van der Waals surface area contributed by atoms with E-state index in [4.69, 9.17) is 14.2 Å². The molecule has 1 saturated heterocycles. The Labute approximate surface area is 137 Å². The summed E-state index contributed by atoms with van der Waals surface area (Å²) in [6, 6.07) is 17.7. The van der Waals surface area contributed by atoms with E-state index < -0.39 is 0 Å². The van der Waals surface area contributed by atoms with E-state index in [1.807, 2.05) is 54.6 Å². The molecule has 2 aromatic carbocycles. The van der Waals surface area contributed by atoms with Gasteiger partial charge < -0.3 is 14.2 Å². The Kier molecular flexibility index (Phi) is 5.37. The lowest BCUT2D eigenvalue weighted by Gasteiger charge is -2.18. The summed E-state index contributed by atoms with van der Waals surface area (Å²) in [4.78, 5) is 2.38. The van der Waals surface area contributed by atoms with Crippen LogP contribution in [0.15, 0.2) is 54.6 Å². The average molecular weight is 313 g/mol. The maximum Gasteiger partial charge on any atom is 0.161 e. The monoisotopic (exact) mass is 313 g/mol. The summed E-state index contributed by atoms with van der Waals surface area (Å²) in [5, 5.41) is 0. The van der Waals surface area contributed by atoms with Gasteiger partial charge in [0.15, 0.2) is 11.5 Å². The van der Waals surface area contributed by atoms with E-state index in [0.29, 0.717) is 6.61 Å². The molecule has 0 aliphatic carbocycles. The van der Waals surface area contributed by atoms with Crippen molar-refractivity contribution in [1.82, 2.24) is 4.90 Å². The maximum atomic E-state index is 6.08. The zero-order valence-corrected chi connectivity index (χ0v) is 13.5. The van der Waals surface area contributed by atoms with Crippen LogP contribution in [0.1, 0.15) is 6.42 Å². The minimum absolute atomic E-state index is 0.211. The van der Waals surface area contributed by atoms with Gasteiger partial charge in [-0.2, -0.15) is 0 Å². The normalized spacial score (nSPS) is 17.9. The lowest BCUT2D eigenvalue weighted by molar-refractivity contribution is 0.181. The van der Waals surface area contributed by atoms with E-state index in [-0.39, 0.29) is 6.10 Å². The second-order valence-corrected chi connectivity index (χ2v) is 5.64. The molecule has 1 heterocycles. The van der Waals surface area contributed by atoms with Crippen LogP contribution in [0.4, 0.5) is 0 Å². The van der Waals surface area contributed by atoms with Crippen molar-refractivity contribution in [3.8, 4) is 17.2 Å². The van der Waals surface area contributed by atoms with Gasteiger partial charge in [0.25, 0.3) is 0 Å². The first-order chi connectivity index (χ1) is 11.3. The molecular formula is C19H23NO3. The summed E-state index contributed by atoms with van der Waals surface area (Å²) in [6.45, 7) is 3.58. The van der Waals surface area contributed by atoms with Crippen molar-refractivity contribution in [1.29, 1.82) is 0 Å². The first kappa shape index (κ1) is 15.7. The Morgan fingerprint density at radius 3 is 2.52 bits per heavy atom. The van der Waals surface area contributed by atoms with Crippen LogP contribution in [-0.2, 0) is 0 Å². The largest absolute Gasteiger partial charge is 0.493 e. The number of para-hydroxylation sites is 3. The van der Waals surface area contributed by atoms with Crippen LogP contribution in [0.3, 0.4) is 0 Å². The molecule has 0 aromatic heterocycles. The molecule has 1 aliphatic heterocycles. The smallest absolute Gasteiger partial charge is 0.161 e. The molecular weight excluding hydrogens is 290 g/mol. The molecule has 1 unspecified atom stereocenters. The van der Waals surface area contributed by atoms with Gasteiger partial charge >= 0.3 is 0 Å². The minimum atomic E-state index is 0.211. The fourth-order valence-electron chi connectivity index (χ4n) is 2.80. The van der Waals surface area contributed by atoms with E-state index >= 15 is 0 Å². The van der Waals surface area contributed by atoms with Gasteiger partial charge in [0.1, 0.15) is 18.5 Å². The first-order valence-corrected chi connectivity index (χ1v) is 8.05. The van der Waals surface area contributed by atoms with Crippen LogP contribution in [0.2, 0.25) is 0 Å². The molecule has 0 spiro atoms. The first-order valence-electron chi connectivity index (χ1n) is 8.05. The van der Waals surface area contributed by atoms with Gasteiger partial charge in [-0.25, -0.2) is 0 Å². The molecule has 0 saturated carbocycles. The number of hydrogen-bond donors (Lipinski definition) is 0. The fraction of sp³-hybridized carbons (Fsp3) is 0.368. The third kappa shape index (κ3) is 4.39. The Balaban J connectivity index is 1.43. The van der Waals surface area contributed by atoms with Gasteiger partial charge in [0.05, 0.1) is 7.11 Å². The van der Waals surface area contributed by atoms with Crippen molar-refractivity contribution in [2.75, 3.05) is 33.4 Å². The summed E-state index contributed by atoms with van der Waals surface area (Å²) >= 11 is 0. The Morgan fingerprint density at radius 1 is 1.00 bits per heavy atom. The number of benzene rings is 2. The lowest BCUT2D eigenvalue weighted by Crippen LogP contribution is -2.28. The van der Waals surface area contributed by atoms with Gasteiger partial charge in [-0.05, 0) is 30.7 Å². The molecule has 1 fully saturated rings. The van der Waals surface area contributed by atoms with E-state index in [0.717, 1.165) is 43.3 Å². The van der Waals surface area contributed by atoms with E-state index in [9.17, 15) is 0 Å². The average Bonchev–Trinajstić information content (AvgIpc) is 3.04. The highest BCUT2D eigenvalue weighted by Gasteiger charge is 2.24. The van der Waals surface area contributed by atoms with Crippen molar-refractivity contribution in [2.24, 2.45) is 0 Å². The molecule has 122 valence electrons. The van der Waals surface area contributed by atoms with Crippen LogP contribution in [0.25, 0.3) is 0 Å².